The lowest BCUT2D eigenvalue weighted by Gasteiger charge is -2.08. The van der Waals surface area contributed by atoms with Gasteiger partial charge in [0, 0.05) is 6.42 Å². The molecule has 0 aliphatic heterocycles. The van der Waals surface area contributed by atoms with Gasteiger partial charge in [0.15, 0.2) is 11.7 Å². The molecule has 6 heteroatoms. The second kappa shape index (κ2) is 5.17. The summed E-state index contributed by atoms with van der Waals surface area (Å²) in [4.78, 5) is 31.5. The predicted molar refractivity (Wildman–Crippen MR) is 71.0 cm³/mol. The number of nitrogens with two attached hydrogens (primary N) is 2. The number of fused-ring (bicyclic) bond motifs is 1. The quantitative estimate of drug-likeness (QED) is 0.439. The zero-order chi connectivity index (χ0) is 14.0. The molecule has 0 atom stereocenters. The third-order valence-electron chi connectivity index (χ3n) is 3.12. The molecule has 0 saturated carbocycles. The first-order chi connectivity index (χ1) is 8.99. The Morgan fingerprint density at radius 3 is 2.68 bits per heavy atom. The topological polar surface area (TPSA) is 111 Å². The normalized spacial score (nSPS) is 14.5. The number of rotatable bonds is 1. The van der Waals surface area contributed by atoms with Crippen LogP contribution in [0.3, 0.4) is 0 Å². The molecule has 0 aromatic carbocycles. The van der Waals surface area contributed by atoms with E-state index >= 15 is 0 Å². The largest absolute Gasteiger partial charge is 0.370 e. The van der Waals surface area contributed by atoms with Gasteiger partial charge in [-0.05, 0) is 37.8 Å². The van der Waals surface area contributed by atoms with Gasteiger partial charge in [-0.2, -0.15) is 4.99 Å². The van der Waals surface area contributed by atoms with Crippen LogP contribution in [-0.2, 0) is 6.42 Å². The van der Waals surface area contributed by atoms with Crippen LogP contribution in [0.25, 0.3) is 0 Å². The van der Waals surface area contributed by atoms with Crippen molar-refractivity contribution < 1.29 is 9.59 Å². The van der Waals surface area contributed by atoms with Crippen LogP contribution in [0.15, 0.2) is 11.1 Å². The molecule has 1 aromatic rings. The van der Waals surface area contributed by atoms with E-state index in [1.165, 1.54) is 0 Å². The Morgan fingerprint density at radius 2 is 2.00 bits per heavy atom. The lowest BCUT2D eigenvalue weighted by molar-refractivity contribution is 0.0971. The molecule has 0 fully saturated rings. The van der Waals surface area contributed by atoms with Crippen molar-refractivity contribution in [2.75, 3.05) is 0 Å². The Balaban J connectivity index is 2.49. The molecule has 19 heavy (non-hydrogen) atoms. The molecule has 4 N–H and O–H groups in total. The highest BCUT2D eigenvalue weighted by molar-refractivity contribution is 6.03. The van der Waals surface area contributed by atoms with Gasteiger partial charge in [-0.3, -0.25) is 9.59 Å². The fraction of sp³-hybridized carbons (Fsp3) is 0.385. The van der Waals surface area contributed by atoms with Crippen molar-refractivity contribution in [2.45, 2.75) is 32.6 Å². The number of aryl methyl sites for hydroxylation is 2. The molecule has 1 heterocycles. The lowest BCUT2D eigenvalue weighted by atomic mass is 10.0. The highest BCUT2D eigenvalue weighted by Gasteiger charge is 2.21. The molecule has 1 aliphatic carbocycles. The van der Waals surface area contributed by atoms with Crippen molar-refractivity contribution in [3.8, 4) is 0 Å². The fourth-order valence-corrected chi connectivity index (χ4v) is 2.19. The lowest BCUT2D eigenvalue weighted by Crippen LogP contribution is -2.24. The first-order valence-corrected chi connectivity index (χ1v) is 6.16. The molecule has 1 aromatic heterocycles. The summed E-state index contributed by atoms with van der Waals surface area (Å²) in [7, 11) is 0. The van der Waals surface area contributed by atoms with Gasteiger partial charge in [0.25, 0.3) is 5.91 Å². The van der Waals surface area contributed by atoms with E-state index < -0.39 is 5.91 Å². The van der Waals surface area contributed by atoms with Gasteiger partial charge in [-0.15, -0.1) is 0 Å². The van der Waals surface area contributed by atoms with Crippen LogP contribution in [0.4, 0.5) is 0 Å². The van der Waals surface area contributed by atoms with Crippen LogP contribution in [0.2, 0.25) is 0 Å². The summed E-state index contributed by atoms with van der Waals surface area (Å²) in [6.45, 7) is 1.67. The minimum atomic E-state index is -0.524. The van der Waals surface area contributed by atoms with Crippen LogP contribution in [-0.4, -0.2) is 22.6 Å². The number of ketones is 1. The second-order valence-corrected chi connectivity index (χ2v) is 4.60. The molecule has 0 radical (unpaired) electrons. The van der Waals surface area contributed by atoms with E-state index in [0.29, 0.717) is 23.4 Å². The van der Waals surface area contributed by atoms with Crippen LogP contribution >= 0.6 is 0 Å². The summed E-state index contributed by atoms with van der Waals surface area (Å²) >= 11 is 0. The smallest absolute Gasteiger partial charge is 0.282 e. The summed E-state index contributed by atoms with van der Waals surface area (Å²) in [6.07, 6.45) is 3.03. The first-order valence-electron chi connectivity index (χ1n) is 6.16. The first kappa shape index (κ1) is 13.2. The van der Waals surface area contributed by atoms with Crippen molar-refractivity contribution in [3.05, 3.63) is 28.6 Å². The number of hydrogen-bond donors (Lipinski definition) is 2. The molecule has 0 unspecified atom stereocenters. The average molecular weight is 260 g/mol. The summed E-state index contributed by atoms with van der Waals surface area (Å²) in [6, 6.07) is 1.69. The maximum absolute atomic E-state index is 11.9. The van der Waals surface area contributed by atoms with Crippen molar-refractivity contribution in [1.82, 2.24) is 4.98 Å². The van der Waals surface area contributed by atoms with Gasteiger partial charge in [-0.1, -0.05) is 0 Å². The van der Waals surface area contributed by atoms with Gasteiger partial charge >= 0.3 is 0 Å². The third-order valence-corrected chi connectivity index (χ3v) is 3.12. The van der Waals surface area contributed by atoms with E-state index in [1.54, 1.807) is 13.0 Å². The highest BCUT2D eigenvalue weighted by Crippen LogP contribution is 2.22. The number of aliphatic imine (C=N–C) groups is 1. The Hall–Kier alpha value is -2.24. The van der Waals surface area contributed by atoms with Gasteiger partial charge in [0.2, 0.25) is 0 Å². The summed E-state index contributed by atoms with van der Waals surface area (Å²) < 4.78 is 0. The minimum absolute atomic E-state index is 0.0384. The molecular weight excluding hydrogens is 244 g/mol. The number of guanidine groups is 1. The van der Waals surface area contributed by atoms with E-state index in [0.717, 1.165) is 24.8 Å². The van der Waals surface area contributed by atoms with E-state index in [2.05, 4.69) is 9.98 Å². The summed E-state index contributed by atoms with van der Waals surface area (Å²) in [5.74, 6) is -0.767. The summed E-state index contributed by atoms with van der Waals surface area (Å²) in [5, 5.41) is 0. The number of carbonyl (C=O) groups is 2. The molecule has 2 rings (SSSR count). The zero-order valence-electron chi connectivity index (χ0n) is 10.8. The second-order valence-electron chi connectivity index (χ2n) is 4.60. The molecule has 1 amide bonds. The van der Waals surface area contributed by atoms with Crippen molar-refractivity contribution in [1.29, 1.82) is 0 Å². The van der Waals surface area contributed by atoms with Crippen molar-refractivity contribution in [3.63, 3.8) is 0 Å². The predicted octanol–water partition coefficient (Wildman–Crippen LogP) is 0.713. The Morgan fingerprint density at radius 1 is 1.32 bits per heavy atom. The number of Topliss-reactive ketones (excluding diaryl/α,β-unsaturated/α-hetero) is 1. The number of amides is 1. The van der Waals surface area contributed by atoms with Gasteiger partial charge < -0.3 is 11.5 Å². The van der Waals surface area contributed by atoms with Crippen LogP contribution in [0.1, 0.15) is 51.4 Å². The standard InChI is InChI=1S/C13H16N4O2/c1-7-9(12(19)17-13(14)15)6-8-4-2-3-5-10(18)11(8)16-7/h6H,2-5H2,1H3,(H4,14,15,17,19). The third kappa shape index (κ3) is 2.78. The zero-order valence-corrected chi connectivity index (χ0v) is 10.8. The van der Waals surface area contributed by atoms with Crippen molar-refractivity contribution in [2.24, 2.45) is 16.5 Å². The molecule has 100 valence electrons. The van der Waals surface area contributed by atoms with E-state index in [4.69, 9.17) is 11.5 Å². The fourth-order valence-electron chi connectivity index (χ4n) is 2.19. The summed E-state index contributed by atoms with van der Waals surface area (Å²) in [5.41, 5.74) is 12.5. The highest BCUT2D eigenvalue weighted by atomic mass is 16.1. The van der Waals surface area contributed by atoms with Crippen molar-refractivity contribution >= 4 is 17.6 Å². The van der Waals surface area contributed by atoms with Gasteiger partial charge in [0.1, 0.15) is 5.69 Å². The SMILES string of the molecule is Cc1nc2c(cc1C(=O)N=C(N)N)CCCCC2=O. The molecule has 0 spiro atoms. The number of nitrogens with zero attached hydrogens (tertiary/aromatic N) is 2. The average Bonchev–Trinajstić information content (AvgIpc) is 2.50. The van der Waals surface area contributed by atoms with Crippen LogP contribution in [0, 0.1) is 6.92 Å². The van der Waals surface area contributed by atoms with E-state index in [1.807, 2.05) is 0 Å². The van der Waals surface area contributed by atoms with E-state index in [9.17, 15) is 9.59 Å². The Bertz CT molecular complexity index is 574. The molecule has 0 bridgehead atoms. The molecule has 0 saturated heterocycles. The van der Waals surface area contributed by atoms with Crippen LogP contribution in [0.5, 0.6) is 0 Å². The van der Waals surface area contributed by atoms with E-state index in [-0.39, 0.29) is 11.7 Å². The Labute approximate surface area is 110 Å². The molecule has 1 aliphatic rings. The Kier molecular flexibility index (Phi) is 3.59. The molecule has 6 nitrogen and oxygen atoms in total. The van der Waals surface area contributed by atoms with Crippen LogP contribution < -0.4 is 11.5 Å². The molecular formula is C13H16N4O2. The number of aromatic nitrogens is 1. The maximum atomic E-state index is 11.9. The minimum Gasteiger partial charge on any atom is -0.370 e. The number of pyridine rings is 1. The number of hydrogen-bond acceptors (Lipinski definition) is 3. The maximum Gasteiger partial charge on any atom is 0.282 e. The monoisotopic (exact) mass is 260 g/mol. The number of carbonyl (C=O) groups excluding carboxylic acids is 2. The van der Waals surface area contributed by atoms with Gasteiger partial charge in [0.05, 0.1) is 11.3 Å². The van der Waals surface area contributed by atoms with Gasteiger partial charge in [-0.25, -0.2) is 4.98 Å².